The maximum absolute atomic E-state index is 12.4. The van der Waals surface area contributed by atoms with Crippen molar-refractivity contribution in [3.8, 4) is 5.75 Å². The van der Waals surface area contributed by atoms with Crippen LogP contribution in [0, 0.1) is 6.92 Å². The van der Waals surface area contributed by atoms with E-state index in [-0.39, 0.29) is 11.5 Å². The quantitative estimate of drug-likeness (QED) is 0.710. The molecular weight excluding hydrogens is 352 g/mol. The summed E-state index contributed by atoms with van der Waals surface area (Å²) in [6.45, 7) is 2.03. The first kappa shape index (κ1) is 17.8. The van der Waals surface area contributed by atoms with Crippen LogP contribution in [0.15, 0.2) is 65.6 Å². The van der Waals surface area contributed by atoms with Crippen LogP contribution in [-0.2, 0) is 6.61 Å². The second-order valence-corrected chi connectivity index (χ2v) is 6.24. The topological polar surface area (TPSA) is 71.2 Å². The third-order valence-corrected chi connectivity index (χ3v) is 3.97. The van der Waals surface area contributed by atoms with E-state index < -0.39 is 0 Å². The molecule has 0 radical (unpaired) electrons. The predicted octanol–water partition coefficient (Wildman–Crippen LogP) is 4.17. The Morgan fingerprint density at radius 1 is 1.15 bits per heavy atom. The van der Waals surface area contributed by atoms with Gasteiger partial charge in [-0.15, -0.1) is 0 Å². The number of H-pyrrole nitrogens is 1. The van der Waals surface area contributed by atoms with Gasteiger partial charge in [-0.05, 0) is 48.9 Å². The monoisotopic (exact) mass is 368 g/mol. The molecule has 0 spiro atoms. The highest BCUT2D eigenvalue weighted by atomic mass is 35.5. The molecule has 2 N–H and O–H groups in total. The molecule has 132 valence electrons. The summed E-state index contributed by atoms with van der Waals surface area (Å²) in [6, 6.07) is 15.9. The maximum Gasteiger partial charge on any atom is 0.255 e. The molecule has 0 aliphatic rings. The first-order chi connectivity index (χ1) is 12.5. The summed E-state index contributed by atoms with van der Waals surface area (Å²) < 4.78 is 5.74. The van der Waals surface area contributed by atoms with Crippen LogP contribution in [0.4, 0.5) is 5.69 Å². The number of hydrogen-bond acceptors (Lipinski definition) is 3. The SMILES string of the molecule is Cc1cc(NC(=O)c2cccc(OCc3cccc(Cl)c3)c2)c[nH]c1=O. The number of benzene rings is 2. The average molecular weight is 369 g/mol. The zero-order valence-electron chi connectivity index (χ0n) is 14.1. The molecule has 0 aliphatic heterocycles. The van der Waals surface area contributed by atoms with Gasteiger partial charge >= 0.3 is 0 Å². The third kappa shape index (κ3) is 4.52. The molecule has 6 heteroatoms. The number of aromatic amines is 1. The van der Waals surface area contributed by atoms with Crippen LogP contribution in [0.5, 0.6) is 5.75 Å². The van der Waals surface area contributed by atoms with E-state index in [1.165, 1.54) is 6.20 Å². The van der Waals surface area contributed by atoms with Gasteiger partial charge in [-0.3, -0.25) is 9.59 Å². The Morgan fingerprint density at radius 2 is 1.96 bits per heavy atom. The van der Waals surface area contributed by atoms with Gasteiger partial charge in [-0.25, -0.2) is 0 Å². The Morgan fingerprint density at radius 3 is 2.73 bits per heavy atom. The lowest BCUT2D eigenvalue weighted by Gasteiger charge is -2.09. The predicted molar refractivity (Wildman–Crippen MR) is 102 cm³/mol. The molecule has 1 amide bonds. The van der Waals surface area contributed by atoms with E-state index in [9.17, 15) is 9.59 Å². The molecule has 0 bridgehead atoms. The van der Waals surface area contributed by atoms with Crippen molar-refractivity contribution < 1.29 is 9.53 Å². The number of carbonyl (C=O) groups is 1. The minimum absolute atomic E-state index is 0.181. The fourth-order valence-electron chi connectivity index (χ4n) is 2.39. The lowest BCUT2D eigenvalue weighted by molar-refractivity contribution is 0.102. The van der Waals surface area contributed by atoms with Gasteiger partial charge < -0.3 is 15.0 Å². The molecule has 0 atom stereocenters. The van der Waals surface area contributed by atoms with Gasteiger partial charge in [0.1, 0.15) is 12.4 Å². The molecule has 3 rings (SSSR count). The summed E-state index contributed by atoms with van der Waals surface area (Å²) in [4.78, 5) is 26.4. The molecule has 0 aliphatic carbocycles. The number of anilines is 1. The van der Waals surface area contributed by atoms with Crippen LogP contribution in [-0.4, -0.2) is 10.9 Å². The van der Waals surface area contributed by atoms with Gasteiger partial charge in [0.05, 0.1) is 5.69 Å². The fourth-order valence-corrected chi connectivity index (χ4v) is 2.61. The first-order valence-corrected chi connectivity index (χ1v) is 8.37. The van der Waals surface area contributed by atoms with Gasteiger partial charge in [0, 0.05) is 22.3 Å². The van der Waals surface area contributed by atoms with Crippen molar-refractivity contribution in [3.63, 3.8) is 0 Å². The minimum Gasteiger partial charge on any atom is -0.489 e. The van der Waals surface area contributed by atoms with Crippen molar-refractivity contribution in [3.05, 3.63) is 92.9 Å². The van der Waals surface area contributed by atoms with Gasteiger partial charge in [-0.2, -0.15) is 0 Å². The number of rotatable bonds is 5. The van der Waals surface area contributed by atoms with Crippen molar-refractivity contribution in [2.24, 2.45) is 0 Å². The number of hydrogen-bond donors (Lipinski definition) is 2. The number of aryl methyl sites for hydroxylation is 1. The molecular formula is C20H17ClN2O3. The van der Waals surface area contributed by atoms with E-state index in [1.807, 2.05) is 18.2 Å². The number of halogens is 1. The third-order valence-electron chi connectivity index (χ3n) is 3.74. The molecule has 0 saturated carbocycles. The number of nitrogens with one attached hydrogen (secondary N) is 2. The second-order valence-electron chi connectivity index (χ2n) is 5.80. The van der Waals surface area contributed by atoms with Crippen molar-refractivity contribution in [1.82, 2.24) is 4.98 Å². The second kappa shape index (κ2) is 7.89. The lowest BCUT2D eigenvalue weighted by Crippen LogP contribution is -2.15. The van der Waals surface area contributed by atoms with Gasteiger partial charge in [0.25, 0.3) is 11.5 Å². The Kier molecular flexibility index (Phi) is 5.39. The summed E-state index contributed by atoms with van der Waals surface area (Å²) in [6.07, 6.45) is 1.47. The Hall–Kier alpha value is -3.05. The van der Waals surface area contributed by atoms with Gasteiger partial charge in [0.15, 0.2) is 0 Å². The highest BCUT2D eigenvalue weighted by Gasteiger charge is 2.08. The first-order valence-electron chi connectivity index (χ1n) is 7.99. The zero-order valence-corrected chi connectivity index (χ0v) is 14.8. The van der Waals surface area contributed by atoms with E-state index in [0.717, 1.165) is 5.56 Å². The zero-order chi connectivity index (χ0) is 18.5. The average Bonchev–Trinajstić information content (AvgIpc) is 2.63. The van der Waals surface area contributed by atoms with Crippen LogP contribution >= 0.6 is 11.6 Å². The van der Waals surface area contributed by atoms with E-state index in [4.69, 9.17) is 16.3 Å². The summed E-state index contributed by atoms with van der Waals surface area (Å²) in [5, 5.41) is 3.40. The number of aromatic nitrogens is 1. The van der Waals surface area contributed by atoms with Crippen LogP contribution in [0.2, 0.25) is 5.02 Å². The molecule has 3 aromatic rings. The number of amides is 1. The molecule has 5 nitrogen and oxygen atoms in total. The summed E-state index contributed by atoms with van der Waals surface area (Å²) in [5.74, 6) is 0.292. The van der Waals surface area contributed by atoms with Crippen molar-refractivity contribution >= 4 is 23.2 Å². The van der Waals surface area contributed by atoms with Crippen molar-refractivity contribution in [2.75, 3.05) is 5.32 Å². The minimum atomic E-state index is -0.287. The number of ether oxygens (including phenoxy) is 1. The smallest absolute Gasteiger partial charge is 0.255 e. The number of carbonyl (C=O) groups excluding carboxylic acids is 1. The maximum atomic E-state index is 12.4. The van der Waals surface area contributed by atoms with E-state index in [1.54, 1.807) is 43.3 Å². The van der Waals surface area contributed by atoms with Crippen LogP contribution in [0.3, 0.4) is 0 Å². The summed E-state index contributed by atoms with van der Waals surface area (Å²) >= 11 is 5.96. The normalized spacial score (nSPS) is 10.4. The Bertz CT molecular complexity index is 998. The van der Waals surface area contributed by atoms with Gasteiger partial charge in [0.2, 0.25) is 0 Å². The number of pyridine rings is 1. The molecule has 2 aromatic carbocycles. The van der Waals surface area contributed by atoms with Gasteiger partial charge in [-0.1, -0.05) is 29.8 Å². The Balaban J connectivity index is 1.68. The van der Waals surface area contributed by atoms with E-state index in [0.29, 0.717) is 34.2 Å². The van der Waals surface area contributed by atoms with E-state index in [2.05, 4.69) is 10.3 Å². The summed E-state index contributed by atoms with van der Waals surface area (Å²) in [5.41, 5.74) is 2.27. The largest absolute Gasteiger partial charge is 0.489 e. The summed E-state index contributed by atoms with van der Waals surface area (Å²) in [7, 11) is 0. The standard InChI is InChI=1S/C20H17ClN2O3/c1-13-8-17(11-22-19(13)24)23-20(25)15-5-3-7-18(10-15)26-12-14-4-2-6-16(21)9-14/h2-11H,12H2,1H3,(H,22,24)(H,23,25). The lowest BCUT2D eigenvalue weighted by atomic mass is 10.2. The van der Waals surface area contributed by atoms with Crippen LogP contribution < -0.4 is 15.6 Å². The highest BCUT2D eigenvalue weighted by molar-refractivity contribution is 6.30. The van der Waals surface area contributed by atoms with E-state index >= 15 is 0 Å². The van der Waals surface area contributed by atoms with Crippen molar-refractivity contribution in [1.29, 1.82) is 0 Å². The van der Waals surface area contributed by atoms with Crippen LogP contribution in [0.1, 0.15) is 21.5 Å². The molecule has 1 aromatic heterocycles. The molecule has 0 fully saturated rings. The van der Waals surface area contributed by atoms with Crippen LogP contribution in [0.25, 0.3) is 0 Å². The highest BCUT2D eigenvalue weighted by Crippen LogP contribution is 2.18. The molecule has 0 saturated heterocycles. The molecule has 1 heterocycles. The Labute approximate surface area is 155 Å². The molecule has 26 heavy (non-hydrogen) atoms. The fraction of sp³-hybridized carbons (Fsp3) is 0.100. The molecule has 0 unspecified atom stereocenters. The van der Waals surface area contributed by atoms with Crippen molar-refractivity contribution in [2.45, 2.75) is 13.5 Å².